The number of aryl methyl sites for hydroxylation is 1. The highest BCUT2D eigenvalue weighted by molar-refractivity contribution is 5.97. The largest absolute Gasteiger partial charge is 0.330 e. The third kappa shape index (κ3) is 4.68. The molecule has 6 rings (SSSR count). The fraction of sp³-hybridized carbons (Fsp3) is 0.267. The van der Waals surface area contributed by atoms with Crippen LogP contribution in [0.1, 0.15) is 24.8 Å². The summed E-state index contributed by atoms with van der Waals surface area (Å²) in [4.78, 5) is 7.34. The Hall–Kier alpha value is -3.81. The number of nitrogens with zero attached hydrogens (tertiary/aromatic N) is 4. The van der Waals surface area contributed by atoms with Gasteiger partial charge in [-0.05, 0) is 80.9 Å². The van der Waals surface area contributed by atoms with Gasteiger partial charge in [0.1, 0.15) is 11.5 Å². The number of H-pyrrole nitrogens is 1. The smallest absolute Gasteiger partial charge is 0.123 e. The number of benzene rings is 3. The summed E-state index contributed by atoms with van der Waals surface area (Å²) >= 11 is 0. The Morgan fingerprint density at radius 2 is 1.68 bits per heavy atom. The summed E-state index contributed by atoms with van der Waals surface area (Å²) in [7, 11) is 0. The zero-order valence-electron chi connectivity index (χ0n) is 20.8. The molecule has 3 N–H and O–H groups in total. The van der Waals surface area contributed by atoms with Gasteiger partial charge >= 0.3 is 0 Å². The van der Waals surface area contributed by atoms with E-state index in [2.05, 4.69) is 43.9 Å². The van der Waals surface area contributed by atoms with Crippen molar-refractivity contribution in [3.05, 3.63) is 84.4 Å². The lowest BCUT2D eigenvalue weighted by Gasteiger charge is -2.16. The van der Waals surface area contributed by atoms with E-state index in [4.69, 9.17) is 10.7 Å². The quantitative estimate of drug-likeness (QED) is 0.284. The lowest BCUT2D eigenvalue weighted by Crippen LogP contribution is -2.21. The molecule has 37 heavy (non-hydrogen) atoms. The van der Waals surface area contributed by atoms with E-state index >= 15 is 0 Å². The van der Waals surface area contributed by atoms with Crippen molar-refractivity contribution in [1.82, 2.24) is 24.6 Å². The van der Waals surface area contributed by atoms with Gasteiger partial charge in [-0.3, -0.25) is 5.10 Å². The Morgan fingerprint density at radius 3 is 2.49 bits per heavy atom. The number of hydrogen-bond acceptors (Lipinski definition) is 4. The van der Waals surface area contributed by atoms with Gasteiger partial charge in [-0.2, -0.15) is 5.10 Å². The number of hydrogen-bond donors (Lipinski definition) is 2. The van der Waals surface area contributed by atoms with E-state index in [0.29, 0.717) is 6.54 Å². The zero-order valence-corrected chi connectivity index (χ0v) is 20.8. The molecular weight excluding hydrogens is 463 g/mol. The van der Waals surface area contributed by atoms with Crippen molar-refractivity contribution in [2.24, 2.45) is 5.73 Å². The Bertz CT molecular complexity index is 1510. The van der Waals surface area contributed by atoms with Crippen LogP contribution in [0.25, 0.3) is 44.7 Å². The van der Waals surface area contributed by atoms with Crippen molar-refractivity contribution in [3.8, 4) is 33.8 Å². The van der Waals surface area contributed by atoms with Crippen LogP contribution in [0.5, 0.6) is 0 Å². The van der Waals surface area contributed by atoms with Crippen molar-refractivity contribution < 1.29 is 4.39 Å². The Kier molecular flexibility index (Phi) is 6.55. The lowest BCUT2D eigenvalue weighted by atomic mass is 9.99. The minimum atomic E-state index is -0.252. The molecule has 3 aromatic carbocycles. The number of nitrogens with two attached hydrogens (primary N) is 1. The average molecular weight is 495 g/mol. The molecule has 0 radical (unpaired) electrons. The van der Waals surface area contributed by atoms with Crippen molar-refractivity contribution >= 4 is 10.9 Å². The van der Waals surface area contributed by atoms with Crippen molar-refractivity contribution in [2.45, 2.75) is 32.4 Å². The first kappa shape index (κ1) is 23.6. The zero-order chi connectivity index (χ0) is 25.2. The van der Waals surface area contributed by atoms with Gasteiger partial charge in [0.25, 0.3) is 0 Å². The van der Waals surface area contributed by atoms with Gasteiger partial charge in [0.05, 0.1) is 23.2 Å². The molecule has 0 saturated carbocycles. The third-order valence-electron chi connectivity index (χ3n) is 7.36. The van der Waals surface area contributed by atoms with Crippen molar-refractivity contribution in [3.63, 3.8) is 0 Å². The first-order chi connectivity index (χ1) is 18.2. The van der Waals surface area contributed by atoms with Crippen LogP contribution in [0.3, 0.4) is 0 Å². The monoisotopic (exact) mass is 494 g/mol. The molecule has 1 aliphatic heterocycles. The van der Waals surface area contributed by atoms with Gasteiger partial charge in [0.15, 0.2) is 0 Å². The summed E-state index contributed by atoms with van der Waals surface area (Å²) in [6.07, 6.45) is 5.56. The number of likely N-dealkylation sites (tertiary alicyclic amines) is 1. The van der Waals surface area contributed by atoms with Gasteiger partial charge in [-0.15, -0.1) is 0 Å². The summed E-state index contributed by atoms with van der Waals surface area (Å²) in [6.45, 7) is 4.79. The van der Waals surface area contributed by atoms with E-state index in [1.165, 1.54) is 38.1 Å². The maximum atomic E-state index is 13.7. The molecule has 7 heteroatoms. The van der Waals surface area contributed by atoms with Crippen LogP contribution in [-0.4, -0.2) is 44.3 Å². The number of fused-ring (bicyclic) bond motifs is 1. The van der Waals surface area contributed by atoms with Gasteiger partial charge < -0.3 is 15.2 Å². The van der Waals surface area contributed by atoms with Crippen LogP contribution in [0.15, 0.2) is 73.1 Å². The highest BCUT2D eigenvalue weighted by atomic mass is 19.1. The fourth-order valence-corrected chi connectivity index (χ4v) is 5.44. The maximum absolute atomic E-state index is 13.7. The Morgan fingerprint density at radius 1 is 0.892 bits per heavy atom. The van der Waals surface area contributed by atoms with Gasteiger partial charge in [0.2, 0.25) is 0 Å². The summed E-state index contributed by atoms with van der Waals surface area (Å²) in [5.74, 6) is -0.252. The first-order valence-electron chi connectivity index (χ1n) is 13.0. The summed E-state index contributed by atoms with van der Waals surface area (Å²) in [5.41, 5.74) is 13.8. The third-order valence-corrected chi connectivity index (χ3v) is 7.36. The second-order valence-corrected chi connectivity index (χ2v) is 9.74. The van der Waals surface area contributed by atoms with Crippen LogP contribution in [0, 0.1) is 5.82 Å². The highest BCUT2D eigenvalue weighted by Crippen LogP contribution is 2.36. The maximum Gasteiger partial charge on any atom is 0.123 e. The predicted octanol–water partition coefficient (Wildman–Crippen LogP) is 5.84. The molecule has 1 saturated heterocycles. The molecule has 0 bridgehead atoms. The van der Waals surface area contributed by atoms with E-state index in [1.54, 1.807) is 12.1 Å². The lowest BCUT2D eigenvalue weighted by molar-refractivity contribution is 0.325. The van der Waals surface area contributed by atoms with E-state index in [1.807, 2.05) is 24.5 Å². The molecule has 0 aliphatic carbocycles. The molecule has 0 unspecified atom stereocenters. The van der Waals surface area contributed by atoms with Crippen molar-refractivity contribution in [2.75, 3.05) is 19.6 Å². The topological polar surface area (TPSA) is 75.8 Å². The number of nitrogens with one attached hydrogen (secondary N) is 1. The van der Waals surface area contributed by atoms with Gasteiger partial charge in [-0.1, -0.05) is 30.3 Å². The molecule has 0 spiro atoms. The molecule has 188 valence electrons. The number of rotatable bonds is 8. The second kappa shape index (κ2) is 10.3. The predicted molar refractivity (Wildman–Crippen MR) is 146 cm³/mol. The number of halogens is 1. The SMILES string of the molecule is NCc1ccccc1-c1n[nH]c2ccc(-c3c(-c4ccc(F)cc4)ncn3CCCN3CCCC3)cc12. The van der Waals surface area contributed by atoms with Crippen LogP contribution < -0.4 is 5.73 Å². The van der Waals surface area contributed by atoms with Crippen LogP contribution in [-0.2, 0) is 13.1 Å². The molecule has 2 aromatic heterocycles. The Labute approximate surface area is 215 Å². The minimum Gasteiger partial charge on any atom is -0.330 e. The highest BCUT2D eigenvalue weighted by Gasteiger charge is 2.19. The van der Waals surface area contributed by atoms with Crippen LogP contribution >= 0.6 is 0 Å². The normalized spacial score (nSPS) is 14.1. The summed E-state index contributed by atoms with van der Waals surface area (Å²) < 4.78 is 15.9. The standard InChI is InChI=1S/C30H31FN6/c31-24-11-8-21(9-12-24)28-30(37(20-33-28)17-5-16-36-14-3-4-15-36)22-10-13-27-26(18-22)29(35-34-27)25-7-2-1-6-23(25)19-32/h1-2,6-13,18,20H,3-5,14-17,19,32H2,(H,34,35). The molecule has 3 heterocycles. The Balaban J connectivity index is 1.43. The molecule has 6 nitrogen and oxygen atoms in total. The van der Waals surface area contributed by atoms with E-state index in [-0.39, 0.29) is 5.82 Å². The first-order valence-corrected chi connectivity index (χ1v) is 13.0. The summed E-state index contributed by atoms with van der Waals surface area (Å²) in [5, 5.41) is 8.87. The number of imidazole rings is 1. The minimum absolute atomic E-state index is 0.252. The molecule has 5 aromatic rings. The molecule has 0 atom stereocenters. The fourth-order valence-electron chi connectivity index (χ4n) is 5.44. The van der Waals surface area contributed by atoms with Crippen molar-refractivity contribution in [1.29, 1.82) is 0 Å². The summed E-state index contributed by atoms with van der Waals surface area (Å²) in [6, 6.07) is 21.1. The molecule has 1 aliphatic rings. The molecule has 1 fully saturated rings. The van der Waals surface area contributed by atoms with Crippen LogP contribution in [0.2, 0.25) is 0 Å². The molecular formula is C30H31FN6. The molecule has 0 amide bonds. The van der Waals surface area contributed by atoms with E-state index in [0.717, 1.165) is 69.7 Å². The van der Waals surface area contributed by atoms with Gasteiger partial charge in [-0.25, -0.2) is 9.37 Å². The van der Waals surface area contributed by atoms with Gasteiger partial charge in [0, 0.05) is 35.2 Å². The second-order valence-electron chi connectivity index (χ2n) is 9.74. The van der Waals surface area contributed by atoms with E-state index < -0.39 is 0 Å². The number of aromatic nitrogens is 4. The number of aromatic amines is 1. The average Bonchev–Trinajstić information content (AvgIpc) is 3.69. The van der Waals surface area contributed by atoms with E-state index in [9.17, 15) is 4.39 Å². The van der Waals surface area contributed by atoms with Crippen LogP contribution in [0.4, 0.5) is 4.39 Å².